The smallest absolute Gasteiger partial charge is 0.294 e. The van der Waals surface area contributed by atoms with Gasteiger partial charge in [-0.05, 0) is 72.5 Å². The molecule has 0 atom stereocenters. The first-order chi connectivity index (χ1) is 17.4. The first-order valence-corrected chi connectivity index (χ1v) is 12.2. The van der Waals surface area contributed by atoms with E-state index in [0.29, 0.717) is 30.2 Å². The van der Waals surface area contributed by atoms with Crippen LogP contribution in [0.5, 0.6) is 11.5 Å². The Labute approximate surface area is 212 Å². The molecule has 3 amide bonds. The van der Waals surface area contributed by atoms with E-state index in [9.17, 15) is 24.5 Å². The lowest BCUT2D eigenvalue weighted by Crippen LogP contribution is -2.44. The lowest BCUT2D eigenvalue weighted by atomic mass is 10.1. The van der Waals surface area contributed by atoms with Crippen LogP contribution < -0.4 is 9.47 Å². The third kappa shape index (κ3) is 5.85. The van der Waals surface area contributed by atoms with Crippen molar-refractivity contribution in [3.8, 4) is 11.5 Å². The molecule has 2 saturated heterocycles. The van der Waals surface area contributed by atoms with E-state index < -0.39 is 16.1 Å². The second-order valence-corrected chi connectivity index (χ2v) is 9.33. The Kier molecular flexibility index (Phi) is 7.89. The van der Waals surface area contributed by atoms with Gasteiger partial charge in [0.2, 0.25) is 5.91 Å². The van der Waals surface area contributed by atoms with Gasteiger partial charge in [0.05, 0.1) is 16.9 Å². The van der Waals surface area contributed by atoms with E-state index in [1.807, 2.05) is 0 Å². The number of carbonyl (C=O) groups excluding carboxylic acids is 3. The fourth-order valence-electron chi connectivity index (χ4n) is 3.94. The fourth-order valence-corrected chi connectivity index (χ4v) is 4.78. The molecule has 2 aliphatic heterocycles. The van der Waals surface area contributed by atoms with Crippen molar-refractivity contribution in [2.45, 2.75) is 25.9 Å². The van der Waals surface area contributed by atoms with Crippen LogP contribution in [0.3, 0.4) is 0 Å². The zero-order valence-electron chi connectivity index (χ0n) is 19.7. The fraction of sp³-hybridized carbons (Fsp3) is 0.320. The summed E-state index contributed by atoms with van der Waals surface area (Å²) in [6, 6.07) is 11.1. The average molecular weight is 512 g/mol. The molecule has 2 aromatic carbocycles. The monoisotopic (exact) mass is 511 g/mol. The lowest BCUT2D eigenvalue weighted by molar-refractivity contribution is -0.384. The van der Waals surface area contributed by atoms with Crippen LogP contribution in [0.1, 0.15) is 30.4 Å². The summed E-state index contributed by atoms with van der Waals surface area (Å²) in [5.41, 5.74) is 1.33. The van der Waals surface area contributed by atoms with Gasteiger partial charge in [0.25, 0.3) is 16.8 Å². The normalized spacial score (nSPS) is 17.0. The van der Waals surface area contributed by atoms with E-state index >= 15 is 0 Å². The molecule has 0 radical (unpaired) electrons. The highest BCUT2D eigenvalue weighted by molar-refractivity contribution is 8.18. The number of hydrogen-bond donors (Lipinski definition) is 0. The summed E-state index contributed by atoms with van der Waals surface area (Å²) in [5, 5.41) is 10.4. The second kappa shape index (κ2) is 11.3. The molecule has 2 aromatic rings. The van der Waals surface area contributed by atoms with E-state index in [1.165, 1.54) is 19.2 Å². The average Bonchev–Trinajstić information content (AvgIpc) is 3.15. The topological polar surface area (TPSA) is 119 Å². The highest BCUT2D eigenvalue weighted by Gasteiger charge is 2.37. The third-order valence-electron chi connectivity index (χ3n) is 5.90. The lowest BCUT2D eigenvalue weighted by Gasteiger charge is -2.27. The zero-order valence-corrected chi connectivity index (χ0v) is 20.5. The van der Waals surface area contributed by atoms with Crippen molar-refractivity contribution in [2.75, 3.05) is 26.7 Å². The molecule has 10 nitrogen and oxygen atoms in total. The van der Waals surface area contributed by atoms with Gasteiger partial charge in [0.1, 0.15) is 13.2 Å². The number of non-ortho nitro benzene ring substituents is 1. The van der Waals surface area contributed by atoms with Gasteiger partial charge >= 0.3 is 0 Å². The summed E-state index contributed by atoms with van der Waals surface area (Å²) in [6.45, 7) is 1.19. The maximum atomic E-state index is 12.9. The Morgan fingerprint density at radius 2 is 1.81 bits per heavy atom. The highest BCUT2D eigenvalue weighted by atomic mass is 32.2. The number of carbonyl (C=O) groups is 3. The van der Waals surface area contributed by atoms with Gasteiger partial charge in [0.15, 0.2) is 11.5 Å². The predicted molar refractivity (Wildman–Crippen MR) is 134 cm³/mol. The first-order valence-electron chi connectivity index (χ1n) is 11.4. The predicted octanol–water partition coefficient (Wildman–Crippen LogP) is 4.23. The molecule has 11 heteroatoms. The van der Waals surface area contributed by atoms with E-state index in [4.69, 9.17) is 9.47 Å². The second-order valence-electron chi connectivity index (χ2n) is 8.33. The molecule has 36 heavy (non-hydrogen) atoms. The first kappa shape index (κ1) is 25.2. The van der Waals surface area contributed by atoms with Gasteiger partial charge in [-0.1, -0.05) is 6.07 Å². The van der Waals surface area contributed by atoms with Crippen LogP contribution >= 0.6 is 11.8 Å². The molecule has 0 bridgehead atoms. The summed E-state index contributed by atoms with van der Waals surface area (Å²) in [6.07, 6.45) is 4.52. The summed E-state index contributed by atoms with van der Waals surface area (Å²) < 4.78 is 11.2. The number of imide groups is 1. The van der Waals surface area contributed by atoms with Gasteiger partial charge in [-0.3, -0.25) is 29.4 Å². The Morgan fingerprint density at radius 3 is 2.47 bits per heavy atom. The van der Waals surface area contributed by atoms with Crippen molar-refractivity contribution in [3.63, 3.8) is 0 Å². The van der Waals surface area contributed by atoms with Crippen molar-refractivity contribution in [2.24, 2.45) is 0 Å². The minimum atomic E-state index is -0.500. The molecule has 0 aromatic heterocycles. The molecule has 2 heterocycles. The molecule has 0 saturated carbocycles. The number of thioether (sulfide) groups is 1. The van der Waals surface area contributed by atoms with E-state index in [1.54, 1.807) is 41.3 Å². The highest BCUT2D eigenvalue weighted by Crippen LogP contribution is 2.35. The Bertz CT molecular complexity index is 1210. The van der Waals surface area contributed by atoms with Crippen molar-refractivity contribution in [1.29, 1.82) is 0 Å². The number of nitro groups is 1. The maximum Gasteiger partial charge on any atom is 0.294 e. The Balaban J connectivity index is 1.45. The molecule has 2 aliphatic rings. The molecule has 0 spiro atoms. The largest absolute Gasteiger partial charge is 0.493 e. The molecule has 188 valence electrons. The molecule has 0 aliphatic carbocycles. The van der Waals surface area contributed by atoms with Crippen molar-refractivity contribution < 1.29 is 28.8 Å². The number of nitro benzene ring substituents is 1. The number of hydrogen-bond acceptors (Lipinski definition) is 8. The van der Waals surface area contributed by atoms with Crippen LogP contribution in [0.4, 0.5) is 10.5 Å². The van der Waals surface area contributed by atoms with E-state index in [0.717, 1.165) is 41.5 Å². The van der Waals surface area contributed by atoms with Crippen LogP contribution in [0, 0.1) is 10.1 Å². The Morgan fingerprint density at radius 1 is 1.08 bits per heavy atom. The number of amides is 3. The van der Waals surface area contributed by atoms with Gasteiger partial charge in [-0.15, -0.1) is 0 Å². The van der Waals surface area contributed by atoms with Crippen LogP contribution in [0.25, 0.3) is 6.08 Å². The SMILES string of the molecule is COc1ccc(/C=C2\SC(=O)N(CC(=O)N3CCCCC3)C2=O)cc1OCc1ccc([N+](=O)[O-])cc1. The number of rotatable bonds is 8. The van der Waals surface area contributed by atoms with Crippen LogP contribution in [0.15, 0.2) is 47.4 Å². The van der Waals surface area contributed by atoms with E-state index in [2.05, 4.69) is 0 Å². The van der Waals surface area contributed by atoms with Crippen molar-refractivity contribution in [3.05, 3.63) is 68.6 Å². The molecule has 4 rings (SSSR count). The van der Waals surface area contributed by atoms with Crippen molar-refractivity contribution in [1.82, 2.24) is 9.80 Å². The van der Waals surface area contributed by atoms with Crippen LogP contribution in [-0.4, -0.2) is 58.5 Å². The van der Waals surface area contributed by atoms with Crippen LogP contribution in [0.2, 0.25) is 0 Å². The van der Waals surface area contributed by atoms with Gasteiger partial charge in [0, 0.05) is 25.2 Å². The van der Waals surface area contributed by atoms with E-state index in [-0.39, 0.29) is 29.7 Å². The minimum Gasteiger partial charge on any atom is -0.493 e. The number of benzene rings is 2. The van der Waals surface area contributed by atoms with Crippen molar-refractivity contribution >= 4 is 40.6 Å². The number of nitrogens with zero attached hydrogens (tertiary/aromatic N) is 3. The summed E-state index contributed by atoms with van der Waals surface area (Å²) in [4.78, 5) is 51.2. The van der Waals surface area contributed by atoms with Gasteiger partial charge < -0.3 is 14.4 Å². The number of piperidine rings is 1. The molecule has 0 unspecified atom stereocenters. The molecule has 2 fully saturated rings. The summed E-state index contributed by atoms with van der Waals surface area (Å²) in [5.74, 6) is 0.155. The zero-order chi connectivity index (χ0) is 25.7. The number of methoxy groups -OCH3 is 1. The Hall–Kier alpha value is -3.86. The van der Waals surface area contributed by atoms with Gasteiger partial charge in [-0.2, -0.15) is 0 Å². The van der Waals surface area contributed by atoms with Gasteiger partial charge in [-0.25, -0.2) is 0 Å². The molecule has 0 N–H and O–H groups in total. The standard InChI is InChI=1S/C25H25N3O7S/c1-34-20-10-7-18(13-21(20)35-16-17-5-8-19(9-6-17)28(32)33)14-22-24(30)27(25(31)36-22)15-23(29)26-11-3-2-4-12-26/h5-10,13-14H,2-4,11-12,15-16H2,1H3/b22-14-. The minimum absolute atomic E-state index is 0.00935. The third-order valence-corrected chi connectivity index (χ3v) is 6.81. The summed E-state index contributed by atoms with van der Waals surface area (Å²) in [7, 11) is 1.50. The maximum absolute atomic E-state index is 12.9. The molecular weight excluding hydrogens is 486 g/mol. The number of ether oxygens (including phenoxy) is 2. The summed E-state index contributed by atoms with van der Waals surface area (Å²) >= 11 is 0.796. The molecular formula is C25H25N3O7S. The number of likely N-dealkylation sites (tertiary alicyclic amines) is 1. The van der Waals surface area contributed by atoms with Crippen LogP contribution in [-0.2, 0) is 16.2 Å². The quantitative estimate of drug-likeness (QED) is 0.293.